The zero-order chi connectivity index (χ0) is 48.6. The fourth-order valence-electron chi connectivity index (χ4n) is 6.42. The van der Waals surface area contributed by atoms with E-state index in [1.54, 1.807) is 0 Å². The number of hydrogen-bond acceptors (Lipinski definition) is 20. The Morgan fingerprint density at radius 2 is 1.57 bits per heavy atom. The molecule has 1 fully saturated rings. The van der Waals surface area contributed by atoms with E-state index >= 15 is 0 Å². The molecule has 2 aromatic rings. The SMILES string of the molecule is CCCC(O)CCCCCCCC(O)CC(=O)SCCNC(=O)CCNC(=O)C(O)C(C)(C)COP(=O)(O)OP(=O)(O)OCC1OC(n2cnc3c(N)ncnc32)C(O)C1OP(=O)(O)O. The minimum absolute atomic E-state index is 0.0102. The highest BCUT2D eigenvalue weighted by molar-refractivity contribution is 8.13. The first-order chi connectivity index (χ1) is 30.3. The molecule has 2 aromatic heterocycles. The number of thioether (sulfide) groups is 1. The van der Waals surface area contributed by atoms with E-state index in [9.17, 15) is 68.1 Å². The lowest BCUT2D eigenvalue weighted by Crippen LogP contribution is -2.46. The third-order valence-corrected chi connectivity index (χ3v) is 13.9. The number of hydrogen-bond donors (Lipinski definition) is 11. The van der Waals surface area contributed by atoms with Gasteiger partial charge in [-0.25, -0.2) is 28.6 Å². The summed E-state index contributed by atoms with van der Waals surface area (Å²) in [4.78, 5) is 88.2. The number of carbonyl (C=O) groups is 3. The molecule has 0 aromatic carbocycles. The summed E-state index contributed by atoms with van der Waals surface area (Å²) in [5.41, 5.74) is 4.24. The number of aromatic nitrogens is 4. The third kappa shape index (κ3) is 19.9. The molecule has 9 unspecified atom stereocenters. The molecule has 9 atom stereocenters. The molecule has 0 saturated carbocycles. The molecule has 1 saturated heterocycles. The van der Waals surface area contributed by atoms with Crippen molar-refractivity contribution in [1.82, 2.24) is 30.2 Å². The van der Waals surface area contributed by atoms with Crippen LogP contribution in [0.3, 0.4) is 0 Å². The second kappa shape index (κ2) is 26.3. The van der Waals surface area contributed by atoms with Crippen LogP contribution in [-0.2, 0) is 50.7 Å². The number of amides is 2. The second-order valence-corrected chi connectivity index (χ2v) is 21.3. The van der Waals surface area contributed by atoms with Crippen molar-refractivity contribution in [2.45, 2.75) is 134 Å². The molecule has 0 radical (unpaired) electrons. The number of nitrogens with zero attached hydrogens (tertiary/aromatic N) is 4. The van der Waals surface area contributed by atoms with Crippen molar-refractivity contribution in [3.63, 3.8) is 0 Å². The predicted octanol–water partition coefficient (Wildman–Crippen LogP) is 1.31. The van der Waals surface area contributed by atoms with Gasteiger partial charge in [-0.15, -0.1) is 0 Å². The lowest BCUT2D eigenvalue weighted by atomic mass is 9.87. The Balaban J connectivity index is 1.35. The molecule has 0 aliphatic carbocycles. The minimum Gasteiger partial charge on any atom is -0.393 e. The van der Waals surface area contributed by atoms with Crippen LogP contribution < -0.4 is 16.4 Å². The van der Waals surface area contributed by atoms with Gasteiger partial charge < -0.3 is 61.1 Å². The molecule has 65 heavy (non-hydrogen) atoms. The van der Waals surface area contributed by atoms with Gasteiger partial charge in [0.25, 0.3) is 0 Å². The molecule has 26 nitrogen and oxygen atoms in total. The molecular weight excluding hydrogens is 947 g/mol. The maximum atomic E-state index is 12.7. The number of rotatable bonds is 31. The summed E-state index contributed by atoms with van der Waals surface area (Å²) >= 11 is 0.972. The van der Waals surface area contributed by atoms with Crippen LogP contribution in [0.1, 0.15) is 97.6 Å². The van der Waals surface area contributed by atoms with Crippen LogP contribution in [0.4, 0.5) is 5.82 Å². The summed E-state index contributed by atoms with van der Waals surface area (Å²) in [7, 11) is -16.4. The van der Waals surface area contributed by atoms with Gasteiger partial charge in [0.2, 0.25) is 11.8 Å². The van der Waals surface area contributed by atoms with Crippen LogP contribution in [0, 0.1) is 5.41 Å². The van der Waals surface area contributed by atoms with Gasteiger partial charge >= 0.3 is 23.5 Å². The number of anilines is 1. The van der Waals surface area contributed by atoms with E-state index in [0.717, 1.165) is 80.4 Å². The summed E-state index contributed by atoms with van der Waals surface area (Å²) in [5, 5.41) is 46.2. The van der Waals surface area contributed by atoms with E-state index in [1.165, 1.54) is 13.8 Å². The Hall–Kier alpha value is -2.52. The first-order valence-corrected chi connectivity index (χ1v) is 26.3. The Kier molecular flexibility index (Phi) is 23.0. The number of unbranched alkanes of at least 4 members (excludes halogenated alkanes) is 4. The monoisotopic (exact) mass is 1010 g/mol. The van der Waals surface area contributed by atoms with Gasteiger partial charge in [-0.2, -0.15) is 4.31 Å². The number of imidazole rings is 1. The summed E-state index contributed by atoms with van der Waals surface area (Å²) in [6.45, 7) is 2.38. The summed E-state index contributed by atoms with van der Waals surface area (Å²) < 4.78 is 62.3. The number of phosphoric ester groups is 3. The topological polar surface area (TPSA) is 404 Å². The van der Waals surface area contributed by atoms with Gasteiger partial charge in [0.05, 0.1) is 31.7 Å². The highest BCUT2D eigenvalue weighted by Gasteiger charge is 2.50. The van der Waals surface area contributed by atoms with Crippen molar-refractivity contribution in [2.75, 3.05) is 37.8 Å². The Labute approximate surface area is 379 Å². The smallest absolute Gasteiger partial charge is 0.393 e. The number of ether oxygens (including phenoxy) is 1. The van der Waals surface area contributed by atoms with Crippen LogP contribution in [-0.4, -0.2) is 145 Å². The summed E-state index contributed by atoms with van der Waals surface area (Å²) in [6.07, 6.45) is -0.267. The summed E-state index contributed by atoms with van der Waals surface area (Å²) in [6, 6.07) is 0. The molecule has 1 aliphatic rings. The number of nitrogens with two attached hydrogens (primary N) is 1. The van der Waals surface area contributed by atoms with Crippen molar-refractivity contribution in [2.24, 2.45) is 5.41 Å². The molecule has 12 N–H and O–H groups in total. The van der Waals surface area contributed by atoms with E-state index in [2.05, 4.69) is 34.4 Å². The molecule has 0 bridgehead atoms. The minimum atomic E-state index is -5.59. The predicted molar refractivity (Wildman–Crippen MR) is 231 cm³/mol. The largest absolute Gasteiger partial charge is 0.481 e. The second-order valence-electron chi connectivity index (χ2n) is 15.9. The lowest BCUT2D eigenvalue weighted by molar-refractivity contribution is -0.137. The number of phosphoric acid groups is 3. The van der Waals surface area contributed by atoms with Gasteiger partial charge in [-0.05, 0) is 19.3 Å². The Morgan fingerprint density at radius 3 is 2.23 bits per heavy atom. The van der Waals surface area contributed by atoms with Gasteiger partial charge in [0.15, 0.2) is 22.8 Å². The highest BCUT2D eigenvalue weighted by atomic mass is 32.2. The van der Waals surface area contributed by atoms with Crippen LogP contribution >= 0.6 is 35.2 Å². The Bertz CT molecular complexity index is 2000. The quantitative estimate of drug-likeness (QED) is 0.0374. The third-order valence-electron chi connectivity index (χ3n) is 9.86. The van der Waals surface area contributed by atoms with Crippen LogP contribution in [0.2, 0.25) is 0 Å². The molecule has 0 spiro atoms. The first-order valence-electron chi connectivity index (χ1n) is 20.8. The maximum absolute atomic E-state index is 12.7. The molecule has 30 heteroatoms. The van der Waals surface area contributed by atoms with Gasteiger partial charge in [0.1, 0.15) is 36.3 Å². The molecule has 2 amide bonds. The van der Waals surface area contributed by atoms with Gasteiger partial charge in [0, 0.05) is 37.1 Å². The van der Waals surface area contributed by atoms with Gasteiger partial charge in [-0.1, -0.05) is 71.1 Å². The Morgan fingerprint density at radius 1 is 0.923 bits per heavy atom. The average molecular weight is 1010 g/mol. The molecule has 372 valence electrons. The summed E-state index contributed by atoms with van der Waals surface area (Å²) in [5.74, 6) is -1.27. The van der Waals surface area contributed by atoms with E-state index in [-0.39, 0.29) is 59.9 Å². The lowest BCUT2D eigenvalue weighted by Gasteiger charge is -2.30. The number of fused-ring (bicyclic) bond motifs is 1. The van der Waals surface area contributed by atoms with Gasteiger partial charge in [-0.3, -0.25) is 32.5 Å². The number of nitrogen functional groups attached to an aromatic ring is 1. The fourth-order valence-corrected chi connectivity index (χ4v) is 9.99. The van der Waals surface area contributed by atoms with Crippen molar-refractivity contribution in [3.8, 4) is 0 Å². The molecule has 1 aliphatic heterocycles. The van der Waals surface area contributed by atoms with Crippen LogP contribution in [0.25, 0.3) is 11.2 Å². The molecule has 3 heterocycles. The zero-order valence-electron chi connectivity index (χ0n) is 36.2. The number of nitrogens with one attached hydrogen (secondary N) is 2. The maximum Gasteiger partial charge on any atom is 0.481 e. The van der Waals surface area contributed by atoms with Crippen molar-refractivity contribution >= 4 is 69.1 Å². The standard InChI is InChI=1S/C35H62N7O19P3S/c1-4-10-22(43)11-8-6-5-7-9-12-23(44)17-26(46)65-16-15-37-25(45)13-14-38-33(49)30(48)35(2,3)19-58-64(55,56)61-63(53,54)57-18-24-29(60-62(50,51)52)28(47)34(59-24)42-21-41-27-31(36)39-20-40-32(27)42/h20-24,28-30,34,43-44,47-48H,4-19H2,1-3H3,(H,37,45)(H,38,49)(H,53,54)(H,55,56)(H2,36,39,40)(H2,50,51,52). The zero-order valence-corrected chi connectivity index (χ0v) is 39.7. The fraction of sp³-hybridized carbons (Fsp3) is 0.771. The van der Waals surface area contributed by atoms with E-state index in [1.807, 2.05) is 6.92 Å². The van der Waals surface area contributed by atoms with Crippen molar-refractivity contribution in [1.29, 1.82) is 0 Å². The van der Waals surface area contributed by atoms with E-state index in [4.69, 9.17) is 19.5 Å². The molecular formula is C35H62N7O19P3S. The van der Waals surface area contributed by atoms with E-state index < -0.39 is 90.7 Å². The molecule has 3 rings (SSSR count). The average Bonchev–Trinajstić information content (AvgIpc) is 3.77. The van der Waals surface area contributed by atoms with Crippen molar-refractivity contribution < 1.29 is 90.7 Å². The van der Waals surface area contributed by atoms with E-state index in [0.29, 0.717) is 6.42 Å². The highest BCUT2D eigenvalue weighted by Crippen LogP contribution is 2.61. The normalized spacial score (nSPS) is 21.3. The number of carbonyl (C=O) groups excluding carboxylic acids is 3. The number of aliphatic hydroxyl groups is 4. The first kappa shape index (κ1) is 56.8. The van der Waals surface area contributed by atoms with Crippen LogP contribution in [0.5, 0.6) is 0 Å². The van der Waals surface area contributed by atoms with Crippen molar-refractivity contribution in [3.05, 3.63) is 12.7 Å². The van der Waals surface area contributed by atoms with Crippen LogP contribution in [0.15, 0.2) is 12.7 Å². The number of aliphatic hydroxyl groups excluding tert-OH is 4.